The summed E-state index contributed by atoms with van der Waals surface area (Å²) in [6.45, 7) is 0.630. The van der Waals surface area contributed by atoms with Crippen molar-refractivity contribution in [1.82, 2.24) is 19.3 Å². The van der Waals surface area contributed by atoms with Crippen LogP contribution in [0.15, 0.2) is 29.1 Å². The fourth-order valence-electron chi connectivity index (χ4n) is 2.60. The third-order valence-electron chi connectivity index (χ3n) is 3.56. The molecule has 0 bridgehead atoms. The van der Waals surface area contributed by atoms with Crippen molar-refractivity contribution in [3.05, 3.63) is 34.7 Å². The third-order valence-corrected chi connectivity index (χ3v) is 4.29. The predicted molar refractivity (Wildman–Crippen MR) is 89.7 cm³/mol. The van der Waals surface area contributed by atoms with Crippen molar-refractivity contribution in [2.24, 2.45) is 0 Å². The van der Waals surface area contributed by atoms with Crippen molar-refractivity contribution in [2.75, 3.05) is 18.5 Å². The number of aryl methyl sites for hydroxylation is 1. The zero-order chi connectivity index (χ0) is 16.6. The van der Waals surface area contributed by atoms with Gasteiger partial charge in [-0.2, -0.15) is 0 Å². The molecule has 0 saturated heterocycles. The molecule has 8 nitrogen and oxygen atoms in total. The Morgan fingerprint density at radius 1 is 1.35 bits per heavy atom. The first-order chi connectivity index (χ1) is 10.9. The summed E-state index contributed by atoms with van der Waals surface area (Å²) in [5.74, 6) is 0.267. The van der Waals surface area contributed by atoms with Gasteiger partial charge in [0.05, 0.1) is 17.3 Å². The number of para-hydroxylation sites is 1. The Balaban J connectivity index is 2.03. The molecular formula is C14H17N5O3S. The van der Waals surface area contributed by atoms with Gasteiger partial charge in [0.25, 0.3) is 0 Å². The van der Waals surface area contributed by atoms with Crippen LogP contribution >= 0.6 is 0 Å². The number of nitrogens with one attached hydrogen (secondary N) is 2. The maximum Gasteiger partial charge on any atom is 0.326 e. The van der Waals surface area contributed by atoms with Crippen molar-refractivity contribution in [2.45, 2.75) is 13.0 Å². The second-order valence-electron chi connectivity index (χ2n) is 5.34. The molecule has 0 aliphatic carbocycles. The van der Waals surface area contributed by atoms with Gasteiger partial charge in [-0.3, -0.25) is 4.57 Å². The molecule has 0 saturated carbocycles. The number of nitrogen functional groups attached to an aromatic ring is 1. The first kappa shape index (κ1) is 15.5. The van der Waals surface area contributed by atoms with Crippen molar-refractivity contribution < 1.29 is 8.42 Å². The highest BCUT2D eigenvalue weighted by Crippen LogP contribution is 2.25. The Hall–Kier alpha value is -2.39. The molecular weight excluding hydrogens is 318 g/mol. The Morgan fingerprint density at radius 2 is 2.09 bits per heavy atom. The van der Waals surface area contributed by atoms with E-state index in [1.165, 1.54) is 0 Å². The lowest BCUT2D eigenvalue weighted by atomic mass is 10.2. The number of H-pyrrole nitrogens is 1. The zero-order valence-electron chi connectivity index (χ0n) is 12.5. The van der Waals surface area contributed by atoms with Crippen LogP contribution < -0.4 is 16.1 Å². The van der Waals surface area contributed by atoms with Crippen molar-refractivity contribution in [3.63, 3.8) is 0 Å². The highest BCUT2D eigenvalue weighted by atomic mass is 32.2. The van der Waals surface area contributed by atoms with Crippen LogP contribution in [-0.2, 0) is 16.6 Å². The SMILES string of the molecule is CS(=O)(=O)NCCCn1c(=O)[nH]c2c(N)nc3ccccc3c21. The number of nitrogens with zero attached hydrogens (tertiary/aromatic N) is 2. The largest absolute Gasteiger partial charge is 0.382 e. The molecule has 0 fully saturated rings. The Labute approximate surface area is 132 Å². The van der Waals surface area contributed by atoms with Gasteiger partial charge in [-0.15, -0.1) is 0 Å². The lowest BCUT2D eigenvalue weighted by molar-refractivity contribution is 0.575. The molecule has 0 unspecified atom stereocenters. The van der Waals surface area contributed by atoms with Crippen LogP contribution in [0.5, 0.6) is 0 Å². The normalized spacial score (nSPS) is 12.2. The van der Waals surface area contributed by atoms with Gasteiger partial charge >= 0.3 is 5.69 Å². The van der Waals surface area contributed by atoms with Crippen molar-refractivity contribution in [3.8, 4) is 0 Å². The van der Waals surface area contributed by atoms with Gasteiger partial charge in [-0.1, -0.05) is 18.2 Å². The monoisotopic (exact) mass is 335 g/mol. The van der Waals surface area contributed by atoms with Crippen molar-refractivity contribution in [1.29, 1.82) is 0 Å². The van der Waals surface area contributed by atoms with Gasteiger partial charge in [0, 0.05) is 18.5 Å². The van der Waals surface area contributed by atoms with E-state index in [1.54, 1.807) is 4.57 Å². The number of aromatic amines is 1. The summed E-state index contributed by atoms with van der Waals surface area (Å²) in [5.41, 5.74) is 7.55. The molecule has 1 aromatic carbocycles. The number of benzene rings is 1. The van der Waals surface area contributed by atoms with Crippen LogP contribution in [-0.4, -0.2) is 35.8 Å². The maximum absolute atomic E-state index is 12.2. The molecule has 0 aliphatic heterocycles. The number of pyridine rings is 1. The molecule has 0 spiro atoms. The maximum atomic E-state index is 12.2. The van der Waals surface area contributed by atoms with Gasteiger partial charge in [0.2, 0.25) is 10.0 Å². The summed E-state index contributed by atoms with van der Waals surface area (Å²) in [7, 11) is -3.23. The van der Waals surface area contributed by atoms with Crippen LogP contribution in [0.3, 0.4) is 0 Å². The quantitative estimate of drug-likeness (QED) is 0.582. The highest BCUT2D eigenvalue weighted by molar-refractivity contribution is 7.88. The lowest BCUT2D eigenvalue weighted by Gasteiger charge is -2.07. The number of anilines is 1. The molecule has 2 heterocycles. The van der Waals surface area contributed by atoms with Gasteiger partial charge in [0.15, 0.2) is 0 Å². The molecule has 0 amide bonds. The minimum absolute atomic E-state index is 0.260. The topological polar surface area (TPSA) is 123 Å². The smallest absolute Gasteiger partial charge is 0.326 e. The Morgan fingerprint density at radius 3 is 2.83 bits per heavy atom. The third kappa shape index (κ3) is 3.06. The van der Waals surface area contributed by atoms with E-state index in [0.29, 0.717) is 29.5 Å². The molecule has 4 N–H and O–H groups in total. The number of hydrogen-bond donors (Lipinski definition) is 3. The van der Waals surface area contributed by atoms with Crippen LogP contribution in [0.4, 0.5) is 5.82 Å². The van der Waals surface area contributed by atoms with Gasteiger partial charge in [-0.25, -0.2) is 22.9 Å². The standard InChI is InChI=1S/C14H17N5O3S/c1-23(21,22)16-7-4-8-19-12-9-5-2-3-6-10(9)17-13(15)11(12)18-14(19)20/h2-3,5-6,16H,4,7-8H2,1H3,(H2,15,17)(H,18,20). The second kappa shape index (κ2) is 5.67. The minimum atomic E-state index is -3.23. The minimum Gasteiger partial charge on any atom is -0.382 e. The number of imidazole rings is 1. The summed E-state index contributed by atoms with van der Waals surface area (Å²) >= 11 is 0. The molecule has 0 atom stereocenters. The van der Waals surface area contributed by atoms with Crippen LogP contribution in [0, 0.1) is 0 Å². The summed E-state index contributed by atoms with van der Waals surface area (Å²) in [4.78, 5) is 19.2. The van der Waals surface area contributed by atoms with Gasteiger partial charge < -0.3 is 10.7 Å². The highest BCUT2D eigenvalue weighted by Gasteiger charge is 2.14. The molecule has 0 radical (unpaired) electrons. The molecule has 23 heavy (non-hydrogen) atoms. The number of aromatic nitrogens is 3. The summed E-state index contributed by atoms with van der Waals surface area (Å²) in [6, 6.07) is 7.43. The molecule has 9 heteroatoms. The first-order valence-corrected chi connectivity index (χ1v) is 8.97. The van der Waals surface area contributed by atoms with E-state index in [4.69, 9.17) is 5.73 Å². The predicted octanol–water partition coefficient (Wildman–Crippen LogP) is 0.399. The molecule has 0 aliphatic rings. The number of hydrogen-bond acceptors (Lipinski definition) is 5. The number of sulfonamides is 1. The van der Waals surface area contributed by atoms with E-state index < -0.39 is 10.0 Å². The molecule has 3 rings (SSSR count). The average Bonchev–Trinajstić information content (AvgIpc) is 2.81. The second-order valence-corrected chi connectivity index (χ2v) is 7.17. The fraction of sp³-hybridized carbons (Fsp3) is 0.286. The van der Waals surface area contributed by atoms with E-state index in [2.05, 4.69) is 14.7 Å². The van der Waals surface area contributed by atoms with Gasteiger partial charge in [0.1, 0.15) is 11.3 Å². The van der Waals surface area contributed by atoms with E-state index >= 15 is 0 Å². The number of fused-ring (bicyclic) bond motifs is 3. The van der Waals surface area contributed by atoms with E-state index in [9.17, 15) is 13.2 Å². The van der Waals surface area contributed by atoms with E-state index in [1.807, 2.05) is 24.3 Å². The van der Waals surface area contributed by atoms with Crippen LogP contribution in [0.25, 0.3) is 21.9 Å². The zero-order valence-corrected chi connectivity index (χ0v) is 13.4. The summed E-state index contributed by atoms with van der Waals surface area (Å²) < 4.78 is 26.1. The van der Waals surface area contributed by atoms with Crippen LogP contribution in [0.1, 0.15) is 6.42 Å². The lowest BCUT2D eigenvalue weighted by Crippen LogP contribution is -2.25. The number of nitrogens with two attached hydrogens (primary N) is 1. The van der Waals surface area contributed by atoms with E-state index in [-0.39, 0.29) is 18.1 Å². The van der Waals surface area contributed by atoms with E-state index in [0.717, 1.165) is 11.6 Å². The van der Waals surface area contributed by atoms with Crippen molar-refractivity contribution >= 4 is 37.8 Å². The molecule has 122 valence electrons. The Kier molecular flexibility index (Phi) is 3.82. The average molecular weight is 335 g/mol. The first-order valence-electron chi connectivity index (χ1n) is 7.08. The van der Waals surface area contributed by atoms with Crippen LogP contribution in [0.2, 0.25) is 0 Å². The summed E-state index contributed by atoms with van der Waals surface area (Å²) in [6.07, 6.45) is 1.58. The number of rotatable bonds is 5. The summed E-state index contributed by atoms with van der Waals surface area (Å²) in [5, 5.41) is 0.825. The van der Waals surface area contributed by atoms with Gasteiger partial charge in [-0.05, 0) is 12.5 Å². The molecule has 3 aromatic rings. The fourth-order valence-corrected chi connectivity index (χ4v) is 3.12. The Bertz CT molecular complexity index is 1040. The molecule has 2 aromatic heterocycles.